The predicted octanol–water partition coefficient (Wildman–Crippen LogP) is 2.51. The topological polar surface area (TPSA) is 91.8 Å². The highest BCUT2D eigenvalue weighted by molar-refractivity contribution is 7.89. The lowest BCUT2D eigenvalue weighted by Gasteiger charge is -2.41. The van der Waals surface area contributed by atoms with E-state index < -0.39 is 10.0 Å². The average Bonchev–Trinajstić information content (AvgIpc) is 2.85. The zero-order valence-electron chi connectivity index (χ0n) is 19.9. The molecule has 0 spiro atoms. The Bertz CT molecular complexity index is 1080. The predicted molar refractivity (Wildman–Crippen MR) is 130 cm³/mol. The number of carbonyl (C=O) groups is 1. The minimum atomic E-state index is -3.72. The summed E-state index contributed by atoms with van der Waals surface area (Å²) in [5.41, 5.74) is 1.54. The molecule has 8 nitrogen and oxygen atoms in total. The number of benzene rings is 1. The van der Waals surface area contributed by atoms with Crippen LogP contribution in [-0.4, -0.2) is 74.0 Å². The first-order valence-electron chi connectivity index (χ1n) is 12.0. The molecule has 0 bridgehead atoms. The number of ether oxygens (including phenoxy) is 1. The van der Waals surface area contributed by atoms with Crippen LogP contribution in [0, 0.1) is 13.8 Å². The molecule has 1 N–H and O–H groups in total. The first-order valence-corrected chi connectivity index (χ1v) is 13.5. The summed E-state index contributed by atoms with van der Waals surface area (Å²) in [5, 5.41) is 0. The van der Waals surface area contributed by atoms with E-state index in [4.69, 9.17) is 4.74 Å². The lowest BCUT2D eigenvalue weighted by molar-refractivity contribution is -0.131. The lowest BCUT2D eigenvalue weighted by atomic mass is 9.99. The van der Waals surface area contributed by atoms with Gasteiger partial charge in [0.15, 0.2) is 0 Å². The van der Waals surface area contributed by atoms with Crippen LogP contribution in [0.4, 0.5) is 0 Å². The highest BCUT2D eigenvalue weighted by Gasteiger charge is 2.30. The van der Waals surface area contributed by atoms with Crippen LogP contribution in [0.25, 0.3) is 0 Å². The number of pyridine rings is 1. The summed E-state index contributed by atoms with van der Waals surface area (Å²) in [7, 11) is -3.72. The van der Waals surface area contributed by atoms with E-state index in [0.717, 1.165) is 50.1 Å². The smallest absolute Gasteiger partial charge is 0.241 e. The Morgan fingerprint density at radius 1 is 1.03 bits per heavy atom. The molecule has 2 fully saturated rings. The number of aryl methyl sites for hydroxylation is 2. The number of likely N-dealkylation sites (tertiary alicyclic amines) is 2. The van der Waals surface area contributed by atoms with Crippen molar-refractivity contribution in [3.63, 3.8) is 0 Å². The minimum Gasteiger partial charge on any atom is -0.490 e. The van der Waals surface area contributed by atoms with Crippen molar-refractivity contribution in [1.82, 2.24) is 19.5 Å². The van der Waals surface area contributed by atoms with Gasteiger partial charge in [-0.25, -0.2) is 13.1 Å². The number of sulfonamides is 1. The number of nitrogens with one attached hydrogen (secondary N) is 1. The average molecular weight is 487 g/mol. The first-order chi connectivity index (χ1) is 16.3. The van der Waals surface area contributed by atoms with Gasteiger partial charge in [0.05, 0.1) is 11.4 Å². The quantitative estimate of drug-likeness (QED) is 0.647. The van der Waals surface area contributed by atoms with Gasteiger partial charge < -0.3 is 9.64 Å². The number of amides is 1. The van der Waals surface area contributed by atoms with Gasteiger partial charge in [-0.1, -0.05) is 12.1 Å². The number of piperidine rings is 2. The van der Waals surface area contributed by atoms with Crippen molar-refractivity contribution in [2.24, 2.45) is 0 Å². The second-order valence-corrected chi connectivity index (χ2v) is 11.0. The maximum absolute atomic E-state index is 12.7. The van der Waals surface area contributed by atoms with Crippen LogP contribution < -0.4 is 9.46 Å². The van der Waals surface area contributed by atoms with Crippen LogP contribution >= 0.6 is 0 Å². The van der Waals surface area contributed by atoms with Crippen molar-refractivity contribution < 1.29 is 17.9 Å². The van der Waals surface area contributed by atoms with Gasteiger partial charge >= 0.3 is 0 Å². The molecule has 2 aliphatic heterocycles. The maximum atomic E-state index is 12.7. The molecule has 3 heterocycles. The van der Waals surface area contributed by atoms with Crippen LogP contribution in [-0.2, 0) is 14.8 Å². The van der Waals surface area contributed by atoms with Crippen molar-refractivity contribution in [3.8, 4) is 5.75 Å². The zero-order chi connectivity index (χ0) is 24.1. The zero-order valence-corrected chi connectivity index (χ0v) is 20.8. The number of carbonyl (C=O) groups excluding carboxylic acids is 1. The monoisotopic (exact) mass is 486 g/mol. The van der Waals surface area contributed by atoms with E-state index in [9.17, 15) is 13.2 Å². The summed E-state index contributed by atoms with van der Waals surface area (Å²) in [4.78, 5) is 21.2. The molecule has 1 amide bonds. The third-order valence-electron chi connectivity index (χ3n) is 6.81. The summed E-state index contributed by atoms with van der Waals surface area (Å²) in [6.07, 6.45) is 7.51. The molecule has 0 saturated carbocycles. The molecule has 34 heavy (non-hydrogen) atoms. The molecule has 0 atom stereocenters. The molecule has 0 radical (unpaired) electrons. The summed E-state index contributed by atoms with van der Waals surface area (Å²) in [5.74, 6) is 0.699. The fourth-order valence-electron chi connectivity index (χ4n) is 4.79. The summed E-state index contributed by atoms with van der Waals surface area (Å²) >= 11 is 0. The van der Waals surface area contributed by atoms with Crippen molar-refractivity contribution in [1.29, 1.82) is 0 Å². The minimum absolute atomic E-state index is 0.170. The van der Waals surface area contributed by atoms with Gasteiger partial charge in [0.25, 0.3) is 0 Å². The Morgan fingerprint density at radius 3 is 2.38 bits per heavy atom. The van der Waals surface area contributed by atoms with E-state index in [1.165, 1.54) is 0 Å². The first kappa shape index (κ1) is 24.6. The second kappa shape index (κ2) is 10.8. The Hall–Kier alpha value is -2.49. The summed E-state index contributed by atoms with van der Waals surface area (Å²) < 4.78 is 33.9. The number of hydrogen-bond donors (Lipinski definition) is 1. The van der Waals surface area contributed by atoms with Crippen LogP contribution in [0.1, 0.15) is 36.8 Å². The third-order valence-corrected chi connectivity index (χ3v) is 8.35. The van der Waals surface area contributed by atoms with E-state index in [-0.39, 0.29) is 23.5 Å². The fraction of sp³-hybridized carbons (Fsp3) is 0.520. The van der Waals surface area contributed by atoms with Crippen molar-refractivity contribution in [2.45, 2.75) is 56.6 Å². The van der Waals surface area contributed by atoms with Crippen molar-refractivity contribution >= 4 is 15.9 Å². The van der Waals surface area contributed by atoms with Gasteiger partial charge in [0.1, 0.15) is 11.9 Å². The molecule has 2 aliphatic rings. The van der Waals surface area contributed by atoms with E-state index in [1.807, 2.05) is 25.1 Å². The van der Waals surface area contributed by atoms with Crippen LogP contribution in [0.2, 0.25) is 0 Å². The van der Waals surface area contributed by atoms with E-state index in [0.29, 0.717) is 24.7 Å². The van der Waals surface area contributed by atoms with Gasteiger partial charge in [-0.3, -0.25) is 14.7 Å². The van der Waals surface area contributed by atoms with Gasteiger partial charge in [0.2, 0.25) is 15.9 Å². The molecule has 1 aromatic heterocycles. The van der Waals surface area contributed by atoms with E-state index >= 15 is 0 Å². The van der Waals surface area contributed by atoms with Crippen molar-refractivity contribution in [2.75, 3.05) is 32.7 Å². The van der Waals surface area contributed by atoms with Gasteiger partial charge in [-0.15, -0.1) is 0 Å². The summed E-state index contributed by atoms with van der Waals surface area (Å²) in [6, 6.07) is 9.53. The Labute approximate surface area is 202 Å². The molecule has 184 valence electrons. The molecular formula is C25H34N4O4S. The SMILES string of the molecule is Cc1ccc(C)c(S(=O)(=O)NCC(=O)N2CCC(N3CCC(Oc4ccncc4)CC3)CC2)c1. The second-order valence-electron chi connectivity index (χ2n) is 9.24. The maximum Gasteiger partial charge on any atom is 0.241 e. The highest BCUT2D eigenvalue weighted by atomic mass is 32.2. The molecular weight excluding hydrogens is 452 g/mol. The standard InChI is InChI=1S/C25H34N4O4S/c1-19-3-4-20(2)24(17-19)34(31,32)27-18-25(30)29-13-7-21(8-14-29)28-15-9-23(10-16-28)33-22-5-11-26-12-6-22/h3-6,11-12,17,21,23,27H,7-10,13-16,18H2,1-2H3. The van der Waals surface area contributed by atoms with Gasteiger partial charge in [0, 0.05) is 44.6 Å². The van der Waals surface area contributed by atoms with Crippen molar-refractivity contribution in [3.05, 3.63) is 53.9 Å². The lowest BCUT2D eigenvalue weighted by Crippen LogP contribution is -2.51. The normalized spacial score (nSPS) is 18.7. The molecule has 9 heteroatoms. The Kier molecular flexibility index (Phi) is 7.85. The molecule has 1 aromatic carbocycles. The van der Waals surface area contributed by atoms with Gasteiger partial charge in [-0.2, -0.15) is 0 Å². The third kappa shape index (κ3) is 6.14. The van der Waals surface area contributed by atoms with Crippen LogP contribution in [0.5, 0.6) is 5.75 Å². The number of aromatic nitrogens is 1. The van der Waals surface area contributed by atoms with Gasteiger partial charge in [-0.05, 0) is 68.9 Å². The molecule has 0 aliphatic carbocycles. The molecule has 2 saturated heterocycles. The largest absolute Gasteiger partial charge is 0.490 e. The van der Waals surface area contributed by atoms with E-state index in [1.54, 1.807) is 36.4 Å². The Morgan fingerprint density at radius 2 is 1.71 bits per heavy atom. The highest BCUT2D eigenvalue weighted by Crippen LogP contribution is 2.24. The fourth-order valence-corrected chi connectivity index (χ4v) is 6.09. The molecule has 2 aromatic rings. The van der Waals surface area contributed by atoms with Crippen LogP contribution in [0.3, 0.4) is 0 Å². The number of hydrogen-bond acceptors (Lipinski definition) is 6. The van der Waals surface area contributed by atoms with Crippen LogP contribution in [0.15, 0.2) is 47.6 Å². The Balaban J connectivity index is 1.21. The summed E-state index contributed by atoms with van der Waals surface area (Å²) in [6.45, 7) is 6.69. The molecule has 4 rings (SSSR count). The molecule has 0 unspecified atom stereocenters. The number of nitrogens with zero attached hydrogens (tertiary/aromatic N) is 3. The number of rotatable bonds is 7. The van der Waals surface area contributed by atoms with E-state index in [2.05, 4.69) is 14.6 Å².